The minimum absolute atomic E-state index is 0.0361. The maximum absolute atomic E-state index is 12.6. The summed E-state index contributed by atoms with van der Waals surface area (Å²) < 4.78 is 32.9. The van der Waals surface area contributed by atoms with E-state index in [9.17, 15) is 23.1 Å². The lowest BCUT2D eigenvalue weighted by Gasteiger charge is -2.21. The first kappa shape index (κ1) is 19.2. The summed E-state index contributed by atoms with van der Waals surface area (Å²) in [5.41, 5.74) is 0.804. The molecule has 29 heavy (non-hydrogen) atoms. The number of benzene rings is 2. The van der Waals surface area contributed by atoms with Gasteiger partial charge in [0.1, 0.15) is 5.92 Å². The van der Waals surface area contributed by atoms with Gasteiger partial charge in [0.25, 0.3) is 10.0 Å². The fraction of sp³-hybridized carbons (Fsp3) is 0.200. The van der Waals surface area contributed by atoms with E-state index in [4.69, 9.17) is 4.74 Å². The molecule has 8 nitrogen and oxygen atoms in total. The van der Waals surface area contributed by atoms with E-state index < -0.39 is 45.9 Å². The average molecular weight is 414 g/mol. The number of fused-ring (bicyclic) bond motifs is 2. The molecule has 2 aliphatic rings. The van der Waals surface area contributed by atoms with Crippen LogP contribution in [-0.4, -0.2) is 37.6 Å². The molecule has 2 aliphatic heterocycles. The number of rotatable bonds is 6. The smallest absolute Gasteiger partial charge is 0.310 e. The first-order valence-electron chi connectivity index (χ1n) is 8.90. The molecule has 2 heterocycles. The molecule has 1 fully saturated rings. The van der Waals surface area contributed by atoms with E-state index in [0.29, 0.717) is 11.4 Å². The van der Waals surface area contributed by atoms with Gasteiger partial charge in [-0.1, -0.05) is 30.4 Å². The molecular weight excluding hydrogens is 396 g/mol. The summed E-state index contributed by atoms with van der Waals surface area (Å²) in [4.78, 5) is 24.2. The zero-order valence-corrected chi connectivity index (χ0v) is 15.9. The topological polar surface area (TPSA) is 122 Å². The number of sulfonamides is 1. The number of para-hydroxylation sites is 1. The van der Waals surface area contributed by atoms with Gasteiger partial charge >= 0.3 is 5.97 Å². The molecule has 2 aromatic carbocycles. The molecular formula is C20H18N2O6S. The molecule has 0 aromatic heterocycles. The van der Waals surface area contributed by atoms with E-state index in [-0.39, 0.29) is 4.90 Å². The predicted molar refractivity (Wildman–Crippen MR) is 105 cm³/mol. The lowest BCUT2D eigenvalue weighted by molar-refractivity contribution is -0.145. The zero-order valence-electron chi connectivity index (χ0n) is 15.1. The number of carboxylic acid groups (broad SMARTS) is 1. The van der Waals surface area contributed by atoms with Crippen LogP contribution in [0.3, 0.4) is 0 Å². The van der Waals surface area contributed by atoms with Gasteiger partial charge < -0.3 is 15.2 Å². The van der Waals surface area contributed by atoms with E-state index in [1.807, 2.05) is 0 Å². The van der Waals surface area contributed by atoms with Crippen LogP contribution in [0.15, 0.2) is 71.6 Å². The lowest BCUT2D eigenvalue weighted by Crippen LogP contribution is -2.39. The number of amides is 1. The van der Waals surface area contributed by atoms with Gasteiger partial charge in [-0.05, 0) is 36.4 Å². The summed E-state index contributed by atoms with van der Waals surface area (Å²) >= 11 is 0. The van der Waals surface area contributed by atoms with Crippen LogP contribution in [-0.2, 0) is 24.3 Å². The standard InChI is InChI=1S/C20H18N2O6S/c23-19(17-15-10-11-16(28-15)18(17)20(24)25)21-12-6-8-14(9-7-12)29(26,27)22-13-4-2-1-3-5-13/h1-11,15-18,22H,(H,21,23)(H,24,25)/t15-,16+,17-,18-/m0/s1. The first-order chi connectivity index (χ1) is 13.8. The van der Waals surface area contributed by atoms with E-state index in [1.165, 1.54) is 24.3 Å². The minimum Gasteiger partial charge on any atom is -0.481 e. The van der Waals surface area contributed by atoms with Crippen LogP contribution in [0.4, 0.5) is 11.4 Å². The highest BCUT2D eigenvalue weighted by Gasteiger charge is 2.53. The molecule has 2 bridgehead atoms. The highest BCUT2D eigenvalue weighted by Crippen LogP contribution is 2.39. The summed E-state index contributed by atoms with van der Waals surface area (Å²) in [5.74, 6) is -3.35. The van der Waals surface area contributed by atoms with Crippen molar-refractivity contribution in [3.63, 3.8) is 0 Å². The van der Waals surface area contributed by atoms with Gasteiger partial charge in [0, 0.05) is 11.4 Å². The molecule has 150 valence electrons. The quantitative estimate of drug-likeness (QED) is 0.622. The summed E-state index contributed by atoms with van der Waals surface area (Å²) in [6.07, 6.45) is 2.17. The van der Waals surface area contributed by atoms with Crippen LogP contribution in [0.5, 0.6) is 0 Å². The number of carbonyl (C=O) groups excluding carboxylic acids is 1. The largest absolute Gasteiger partial charge is 0.481 e. The molecule has 9 heteroatoms. The van der Waals surface area contributed by atoms with Gasteiger partial charge in [-0.2, -0.15) is 0 Å². The van der Waals surface area contributed by atoms with Crippen molar-refractivity contribution in [1.29, 1.82) is 0 Å². The Labute approximate surface area is 167 Å². The van der Waals surface area contributed by atoms with E-state index in [0.717, 1.165) is 0 Å². The van der Waals surface area contributed by atoms with Crippen molar-refractivity contribution in [1.82, 2.24) is 0 Å². The maximum atomic E-state index is 12.6. The van der Waals surface area contributed by atoms with Crippen LogP contribution in [0.25, 0.3) is 0 Å². The molecule has 0 spiro atoms. The number of hydrogen-bond acceptors (Lipinski definition) is 5. The highest BCUT2D eigenvalue weighted by atomic mass is 32.2. The third kappa shape index (κ3) is 3.74. The Kier molecular flexibility index (Phi) is 4.85. The Morgan fingerprint density at radius 3 is 2.10 bits per heavy atom. The number of carbonyl (C=O) groups is 2. The zero-order chi connectivity index (χ0) is 20.6. The van der Waals surface area contributed by atoms with Crippen molar-refractivity contribution in [2.45, 2.75) is 17.1 Å². The molecule has 0 unspecified atom stereocenters. The van der Waals surface area contributed by atoms with E-state index >= 15 is 0 Å². The second kappa shape index (κ2) is 7.34. The molecule has 4 rings (SSSR count). The molecule has 0 aliphatic carbocycles. The summed E-state index contributed by atoms with van der Waals surface area (Å²) in [7, 11) is -3.77. The van der Waals surface area contributed by atoms with Crippen LogP contribution in [0, 0.1) is 11.8 Å². The predicted octanol–water partition coefficient (Wildman–Crippen LogP) is 2.08. The van der Waals surface area contributed by atoms with Crippen molar-refractivity contribution >= 4 is 33.3 Å². The summed E-state index contributed by atoms with van der Waals surface area (Å²) in [6.45, 7) is 0. The van der Waals surface area contributed by atoms with Gasteiger partial charge in [0.05, 0.1) is 23.0 Å². The van der Waals surface area contributed by atoms with Crippen LogP contribution < -0.4 is 10.0 Å². The summed E-state index contributed by atoms with van der Waals surface area (Å²) in [5, 5.41) is 12.1. The molecule has 3 N–H and O–H groups in total. The minimum atomic E-state index is -3.77. The van der Waals surface area contributed by atoms with Gasteiger partial charge in [0.2, 0.25) is 5.91 Å². The Morgan fingerprint density at radius 1 is 0.862 bits per heavy atom. The number of hydrogen-bond donors (Lipinski definition) is 3. The van der Waals surface area contributed by atoms with E-state index in [2.05, 4.69) is 10.0 Å². The molecule has 1 amide bonds. The second-order valence-corrected chi connectivity index (χ2v) is 8.51. The fourth-order valence-corrected chi connectivity index (χ4v) is 4.64. The van der Waals surface area contributed by atoms with Crippen molar-refractivity contribution in [3.8, 4) is 0 Å². The van der Waals surface area contributed by atoms with Crippen molar-refractivity contribution in [2.75, 3.05) is 10.0 Å². The van der Waals surface area contributed by atoms with Crippen molar-refractivity contribution in [2.24, 2.45) is 11.8 Å². The molecule has 4 atom stereocenters. The van der Waals surface area contributed by atoms with Crippen LogP contribution >= 0.6 is 0 Å². The van der Waals surface area contributed by atoms with Gasteiger partial charge in [-0.3, -0.25) is 14.3 Å². The van der Waals surface area contributed by atoms with Gasteiger partial charge in [0.15, 0.2) is 0 Å². The van der Waals surface area contributed by atoms with Gasteiger partial charge in [-0.25, -0.2) is 8.42 Å². The Morgan fingerprint density at radius 2 is 1.48 bits per heavy atom. The maximum Gasteiger partial charge on any atom is 0.310 e. The van der Waals surface area contributed by atoms with Crippen LogP contribution in [0.2, 0.25) is 0 Å². The highest BCUT2D eigenvalue weighted by molar-refractivity contribution is 7.92. The molecule has 1 saturated heterocycles. The molecule has 0 radical (unpaired) electrons. The number of ether oxygens (including phenoxy) is 1. The van der Waals surface area contributed by atoms with Crippen LogP contribution in [0.1, 0.15) is 0 Å². The number of nitrogens with one attached hydrogen (secondary N) is 2. The van der Waals surface area contributed by atoms with Crippen molar-refractivity contribution in [3.05, 3.63) is 66.7 Å². The second-order valence-electron chi connectivity index (χ2n) is 6.83. The Hall–Kier alpha value is -3.17. The fourth-order valence-electron chi connectivity index (χ4n) is 3.58. The summed E-state index contributed by atoms with van der Waals surface area (Å²) in [6, 6.07) is 14.1. The monoisotopic (exact) mass is 414 g/mol. The Balaban J connectivity index is 1.46. The molecule has 2 aromatic rings. The molecule has 0 saturated carbocycles. The number of carboxylic acids is 1. The SMILES string of the molecule is O=C(Nc1ccc(S(=O)(=O)Nc2ccccc2)cc1)[C@@H]1[C@@H](C(=O)O)[C@H]2C=C[C@@H]1O2. The first-order valence-corrected chi connectivity index (χ1v) is 10.4. The third-order valence-electron chi connectivity index (χ3n) is 4.95. The Bertz CT molecular complexity index is 1070. The average Bonchev–Trinajstić information content (AvgIpc) is 3.30. The van der Waals surface area contributed by atoms with Gasteiger partial charge in [-0.15, -0.1) is 0 Å². The number of anilines is 2. The lowest BCUT2D eigenvalue weighted by atomic mass is 9.82. The van der Waals surface area contributed by atoms with E-state index in [1.54, 1.807) is 42.5 Å². The van der Waals surface area contributed by atoms with Crippen molar-refractivity contribution < 1.29 is 27.9 Å². The number of aliphatic carboxylic acids is 1. The normalized spacial score (nSPS) is 25.0. The third-order valence-corrected chi connectivity index (χ3v) is 6.34.